The third-order valence-electron chi connectivity index (χ3n) is 2.29. The zero-order valence-corrected chi connectivity index (χ0v) is 7.66. The molecule has 0 aliphatic heterocycles. The van der Waals surface area contributed by atoms with E-state index in [0.717, 1.165) is 11.4 Å². The molecule has 12 heavy (non-hydrogen) atoms. The van der Waals surface area contributed by atoms with E-state index in [1.807, 2.05) is 0 Å². The van der Waals surface area contributed by atoms with Gasteiger partial charge in [0.25, 0.3) is 0 Å². The zero-order valence-electron chi connectivity index (χ0n) is 6.85. The van der Waals surface area contributed by atoms with E-state index < -0.39 is 0 Å². The van der Waals surface area contributed by atoms with Crippen molar-refractivity contribution >= 4 is 11.3 Å². The quantitative estimate of drug-likeness (QED) is 0.763. The van der Waals surface area contributed by atoms with E-state index in [4.69, 9.17) is 0 Å². The first-order chi connectivity index (χ1) is 5.84. The number of halogens is 1. The molecule has 2 rings (SSSR count). The van der Waals surface area contributed by atoms with Crippen LogP contribution in [-0.4, -0.2) is 6.04 Å². The second-order valence-electron chi connectivity index (χ2n) is 3.24. The van der Waals surface area contributed by atoms with Gasteiger partial charge in [0.15, 0.2) is 0 Å². The van der Waals surface area contributed by atoms with Gasteiger partial charge in [0, 0.05) is 22.8 Å². The van der Waals surface area contributed by atoms with Crippen molar-refractivity contribution in [1.82, 2.24) is 5.32 Å². The first-order valence-electron chi connectivity index (χ1n) is 4.31. The van der Waals surface area contributed by atoms with Crippen LogP contribution in [0.5, 0.6) is 0 Å². The highest BCUT2D eigenvalue weighted by Gasteiger charge is 2.16. The van der Waals surface area contributed by atoms with Crippen LogP contribution in [0, 0.1) is 5.82 Å². The highest BCUT2D eigenvalue weighted by Crippen LogP contribution is 2.19. The van der Waals surface area contributed by atoms with Crippen molar-refractivity contribution in [1.29, 1.82) is 0 Å². The molecule has 1 N–H and O–H groups in total. The maximum Gasteiger partial charge on any atom is 0.134 e. The monoisotopic (exact) mass is 185 g/mol. The van der Waals surface area contributed by atoms with Gasteiger partial charge in [-0.1, -0.05) is 6.42 Å². The first-order valence-corrected chi connectivity index (χ1v) is 5.19. The van der Waals surface area contributed by atoms with Crippen molar-refractivity contribution in [3.05, 3.63) is 22.1 Å². The second-order valence-corrected chi connectivity index (χ2v) is 4.24. The number of hydrogen-bond donors (Lipinski definition) is 1. The fraction of sp³-hybridized carbons (Fsp3) is 0.556. The van der Waals surface area contributed by atoms with Crippen LogP contribution in [0.25, 0.3) is 0 Å². The van der Waals surface area contributed by atoms with Gasteiger partial charge in [-0.25, -0.2) is 4.39 Å². The topological polar surface area (TPSA) is 12.0 Å². The fourth-order valence-electron chi connectivity index (χ4n) is 1.30. The highest BCUT2D eigenvalue weighted by molar-refractivity contribution is 7.09. The summed E-state index contributed by atoms with van der Waals surface area (Å²) in [5.74, 6) is -0.106. The van der Waals surface area contributed by atoms with Crippen LogP contribution >= 0.6 is 11.3 Å². The van der Waals surface area contributed by atoms with Crippen LogP contribution in [0.3, 0.4) is 0 Å². The fourth-order valence-corrected chi connectivity index (χ4v) is 1.98. The van der Waals surface area contributed by atoms with Gasteiger partial charge >= 0.3 is 0 Å². The molecule has 0 saturated heterocycles. The maximum atomic E-state index is 12.5. The molecule has 1 fully saturated rings. The van der Waals surface area contributed by atoms with E-state index in [2.05, 4.69) is 5.32 Å². The first kappa shape index (κ1) is 8.20. The largest absolute Gasteiger partial charge is 0.309 e. The van der Waals surface area contributed by atoms with Gasteiger partial charge in [-0.15, -0.1) is 11.3 Å². The lowest BCUT2D eigenvalue weighted by Gasteiger charge is -2.26. The van der Waals surface area contributed by atoms with Crippen molar-refractivity contribution in [2.45, 2.75) is 31.8 Å². The Hall–Kier alpha value is -0.410. The van der Waals surface area contributed by atoms with Gasteiger partial charge in [-0.3, -0.25) is 0 Å². The van der Waals surface area contributed by atoms with Gasteiger partial charge in [-0.2, -0.15) is 0 Å². The van der Waals surface area contributed by atoms with Crippen LogP contribution in [-0.2, 0) is 6.54 Å². The predicted octanol–water partition coefficient (Wildman–Crippen LogP) is 2.53. The molecule has 3 heteroatoms. The smallest absolute Gasteiger partial charge is 0.134 e. The molecular weight excluding hydrogens is 173 g/mol. The summed E-state index contributed by atoms with van der Waals surface area (Å²) >= 11 is 1.49. The Balaban J connectivity index is 1.79. The summed E-state index contributed by atoms with van der Waals surface area (Å²) in [4.78, 5) is 1.10. The van der Waals surface area contributed by atoms with E-state index in [9.17, 15) is 4.39 Å². The van der Waals surface area contributed by atoms with E-state index in [1.54, 1.807) is 11.4 Å². The van der Waals surface area contributed by atoms with Crippen molar-refractivity contribution < 1.29 is 4.39 Å². The van der Waals surface area contributed by atoms with Crippen molar-refractivity contribution in [3.63, 3.8) is 0 Å². The minimum absolute atomic E-state index is 0.106. The van der Waals surface area contributed by atoms with Gasteiger partial charge in [0.1, 0.15) is 5.82 Å². The minimum Gasteiger partial charge on any atom is -0.309 e. The van der Waals surface area contributed by atoms with Crippen molar-refractivity contribution in [2.24, 2.45) is 0 Å². The Morgan fingerprint density at radius 2 is 2.42 bits per heavy atom. The molecule has 0 amide bonds. The molecule has 1 nitrogen and oxygen atoms in total. The Morgan fingerprint density at radius 1 is 1.58 bits per heavy atom. The number of hydrogen-bond acceptors (Lipinski definition) is 2. The molecule has 0 aromatic carbocycles. The molecule has 66 valence electrons. The summed E-state index contributed by atoms with van der Waals surface area (Å²) in [7, 11) is 0. The molecule has 0 radical (unpaired) electrons. The zero-order chi connectivity index (χ0) is 8.39. The molecule has 0 spiro atoms. The molecular formula is C9H12FNS. The summed E-state index contributed by atoms with van der Waals surface area (Å²) in [6, 6.07) is 2.30. The van der Waals surface area contributed by atoms with E-state index in [-0.39, 0.29) is 5.82 Å². The van der Waals surface area contributed by atoms with E-state index in [1.165, 1.54) is 30.6 Å². The Labute approximate surface area is 75.6 Å². The summed E-state index contributed by atoms with van der Waals surface area (Å²) in [6.07, 6.45) is 3.91. The molecule has 1 aliphatic carbocycles. The number of rotatable bonds is 3. The van der Waals surface area contributed by atoms with Gasteiger partial charge in [0.2, 0.25) is 0 Å². The van der Waals surface area contributed by atoms with Crippen LogP contribution < -0.4 is 5.32 Å². The van der Waals surface area contributed by atoms with Crippen molar-refractivity contribution in [3.8, 4) is 0 Å². The Bertz CT molecular complexity index is 255. The van der Waals surface area contributed by atoms with Crippen LogP contribution in [0.1, 0.15) is 24.1 Å². The Kier molecular flexibility index (Phi) is 2.42. The standard InChI is InChI=1S/C9H12FNS/c10-7-4-9(12-6-7)5-11-8-2-1-3-8/h4,6,8,11H,1-3,5H2. The predicted molar refractivity (Wildman–Crippen MR) is 48.8 cm³/mol. The summed E-state index contributed by atoms with van der Waals surface area (Å²) in [5, 5.41) is 4.95. The molecule has 0 bridgehead atoms. The number of nitrogens with one attached hydrogen (secondary N) is 1. The van der Waals surface area contributed by atoms with E-state index in [0.29, 0.717) is 6.04 Å². The third kappa shape index (κ3) is 1.84. The van der Waals surface area contributed by atoms with Crippen molar-refractivity contribution in [2.75, 3.05) is 0 Å². The third-order valence-corrected chi connectivity index (χ3v) is 3.20. The molecule has 0 atom stereocenters. The molecule has 1 heterocycles. The van der Waals surface area contributed by atoms with Crippen LogP contribution in [0.15, 0.2) is 11.4 Å². The summed E-state index contributed by atoms with van der Waals surface area (Å²) < 4.78 is 12.5. The lowest BCUT2D eigenvalue weighted by atomic mass is 9.93. The lowest BCUT2D eigenvalue weighted by Crippen LogP contribution is -2.34. The van der Waals surface area contributed by atoms with Gasteiger partial charge in [-0.05, 0) is 18.9 Å². The average Bonchev–Trinajstić information content (AvgIpc) is 2.32. The molecule has 1 aromatic heterocycles. The summed E-state index contributed by atoms with van der Waals surface area (Å²) in [5.41, 5.74) is 0. The SMILES string of the molecule is Fc1csc(CNC2CCC2)c1. The van der Waals surface area contributed by atoms with E-state index >= 15 is 0 Å². The minimum atomic E-state index is -0.106. The molecule has 1 saturated carbocycles. The normalized spacial score (nSPS) is 17.8. The second kappa shape index (κ2) is 3.54. The Morgan fingerprint density at radius 3 is 2.92 bits per heavy atom. The van der Waals surface area contributed by atoms with Gasteiger partial charge < -0.3 is 5.32 Å². The number of thiophene rings is 1. The molecule has 0 unspecified atom stereocenters. The van der Waals surface area contributed by atoms with Crippen LogP contribution in [0.4, 0.5) is 4.39 Å². The summed E-state index contributed by atoms with van der Waals surface area (Å²) in [6.45, 7) is 0.833. The molecule has 1 aromatic rings. The van der Waals surface area contributed by atoms with Gasteiger partial charge in [0.05, 0.1) is 0 Å². The lowest BCUT2D eigenvalue weighted by molar-refractivity contribution is 0.339. The highest BCUT2D eigenvalue weighted by atomic mass is 32.1. The average molecular weight is 185 g/mol. The molecule has 1 aliphatic rings. The maximum absolute atomic E-state index is 12.5. The van der Waals surface area contributed by atoms with Crippen LogP contribution in [0.2, 0.25) is 0 Å².